The first-order valence-electron chi connectivity index (χ1n) is 16.3. The summed E-state index contributed by atoms with van der Waals surface area (Å²) in [4.78, 5) is 14.1. The Bertz CT molecular complexity index is 2020. The molecule has 1 saturated carbocycles. The lowest BCUT2D eigenvalue weighted by Crippen LogP contribution is -2.55. The van der Waals surface area contributed by atoms with Gasteiger partial charge in [-0.1, -0.05) is 6.07 Å². The second kappa shape index (κ2) is 11.6. The number of anilines is 1. The fraction of sp³-hybridized carbons (Fsp3) is 0.500. The molecule has 15 heteroatoms. The van der Waals surface area contributed by atoms with Crippen LogP contribution in [0.25, 0.3) is 37.0 Å². The van der Waals surface area contributed by atoms with E-state index in [0.29, 0.717) is 37.1 Å². The summed E-state index contributed by atoms with van der Waals surface area (Å²) in [7, 11) is 0. The zero-order valence-electron chi connectivity index (χ0n) is 26.2. The van der Waals surface area contributed by atoms with E-state index in [4.69, 9.17) is 21.8 Å². The van der Waals surface area contributed by atoms with Gasteiger partial charge in [-0.25, -0.2) is 18.0 Å². The van der Waals surface area contributed by atoms with E-state index in [9.17, 15) is 22.0 Å². The van der Waals surface area contributed by atoms with Crippen LogP contribution in [0.15, 0.2) is 18.2 Å². The van der Waals surface area contributed by atoms with Crippen LogP contribution in [0.2, 0.25) is 0 Å². The van der Waals surface area contributed by atoms with Gasteiger partial charge in [0.15, 0.2) is 5.82 Å². The molecule has 8 nitrogen and oxygen atoms in total. The first-order valence-corrected chi connectivity index (χ1v) is 17.1. The number of nitrogen functional groups attached to an aromatic ring is 1. The molecule has 5 heterocycles. The monoisotopic (exact) mass is 702 g/mol. The molecule has 3 saturated heterocycles. The van der Waals surface area contributed by atoms with Gasteiger partial charge < -0.3 is 20.5 Å². The maximum atomic E-state index is 17.0. The average molecular weight is 703 g/mol. The molecule has 2 atom stereocenters. The fourth-order valence-corrected chi connectivity index (χ4v) is 9.21. The van der Waals surface area contributed by atoms with Crippen molar-refractivity contribution in [2.45, 2.75) is 68.9 Å². The summed E-state index contributed by atoms with van der Waals surface area (Å²) in [6.07, 6.45) is -1.70. The Morgan fingerprint density at radius 2 is 1.92 bits per heavy atom. The summed E-state index contributed by atoms with van der Waals surface area (Å²) in [5.41, 5.74) is 2.18. The third kappa shape index (κ3) is 5.34. The molecule has 258 valence electrons. The van der Waals surface area contributed by atoms with Crippen molar-refractivity contribution in [2.75, 3.05) is 38.5 Å². The molecular weight excluding hydrogens is 670 g/mol. The molecular formula is C34H32F6N6O2S. The standard InChI is InChI=1S/C34H32F6N6O2S/c1-42-27-24-19(3-4-22(36)28(24)49-29(27)41)23-21(34(38,39)40)11-20-26(25(23)37)44-31(47-16-33-7-2-10-46(33)13-17(35)12-33)45-30(20)48-18-5-8-32(9-6-18)14-43-15-32/h3-4,11,17-18,43H,2,5-10,12-16,41H2/t17-,33+/m1/s1. The quantitative estimate of drug-likeness (QED) is 0.157. The molecule has 49 heavy (non-hydrogen) atoms. The number of rotatable bonds is 6. The number of hydrogen-bond donors (Lipinski definition) is 2. The largest absolute Gasteiger partial charge is 0.474 e. The minimum atomic E-state index is -5.08. The van der Waals surface area contributed by atoms with E-state index in [1.807, 2.05) is 4.90 Å². The van der Waals surface area contributed by atoms with E-state index >= 15 is 4.39 Å². The van der Waals surface area contributed by atoms with Crippen molar-refractivity contribution in [3.8, 4) is 23.0 Å². The van der Waals surface area contributed by atoms with E-state index in [0.717, 1.165) is 50.6 Å². The minimum Gasteiger partial charge on any atom is -0.474 e. The van der Waals surface area contributed by atoms with Gasteiger partial charge in [-0.05, 0) is 68.2 Å². The topological polar surface area (TPSA) is 89.9 Å². The van der Waals surface area contributed by atoms with E-state index < -0.39 is 46.2 Å². The Balaban J connectivity index is 1.28. The maximum absolute atomic E-state index is 17.0. The SMILES string of the molecule is [C-]#[N+]c1c(N)sc2c(F)ccc(-c3c(C(F)(F)F)cc4c(OC5CCC6(CC5)CNC6)nc(OC[C@@]56CCCN5C[C@H](F)C6)nc4c3F)c12. The van der Waals surface area contributed by atoms with Crippen LogP contribution in [-0.4, -0.2) is 65.5 Å². The van der Waals surface area contributed by atoms with Crippen LogP contribution >= 0.6 is 11.3 Å². The molecule has 4 aliphatic rings. The van der Waals surface area contributed by atoms with Crippen LogP contribution in [0.3, 0.4) is 0 Å². The Morgan fingerprint density at radius 1 is 1.14 bits per heavy atom. The second-order valence-corrected chi connectivity index (χ2v) is 14.9. The molecule has 3 aliphatic heterocycles. The molecule has 1 spiro atoms. The molecule has 0 amide bonds. The van der Waals surface area contributed by atoms with Gasteiger partial charge in [0.25, 0.3) is 0 Å². The molecule has 3 N–H and O–H groups in total. The lowest BCUT2D eigenvalue weighted by Gasteiger charge is -2.47. The first kappa shape index (κ1) is 32.3. The Morgan fingerprint density at radius 3 is 2.61 bits per heavy atom. The van der Waals surface area contributed by atoms with Crippen molar-refractivity contribution in [3.05, 3.63) is 46.8 Å². The highest BCUT2D eigenvalue weighted by Gasteiger charge is 2.49. The highest BCUT2D eigenvalue weighted by atomic mass is 32.1. The smallest absolute Gasteiger partial charge is 0.417 e. The van der Waals surface area contributed by atoms with Gasteiger partial charge in [-0.2, -0.15) is 23.1 Å². The number of halogens is 6. The maximum Gasteiger partial charge on any atom is 0.417 e. The van der Waals surface area contributed by atoms with E-state index in [1.54, 1.807) is 0 Å². The number of nitrogens with one attached hydrogen (secondary N) is 1. The second-order valence-electron chi connectivity index (χ2n) is 13.8. The summed E-state index contributed by atoms with van der Waals surface area (Å²) in [6.45, 7) is 10.4. The molecule has 8 rings (SSSR count). The molecule has 0 unspecified atom stereocenters. The molecule has 2 aromatic carbocycles. The predicted octanol–water partition coefficient (Wildman–Crippen LogP) is 7.81. The summed E-state index contributed by atoms with van der Waals surface area (Å²) >= 11 is 0.702. The van der Waals surface area contributed by atoms with Crippen molar-refractivity contribution in [1.82, 2.24) is 20.2 Å². The van der Waals surface area contributed by atoms with Gasteiger partial charge in [0.1, 0.15) is 30.2 Å². The van der Waals surface area contributed by atoms with E-state index in [1.165, 1.54) is 0 Å². The fourth-order valence-electron chi connectivity index (χ4n) is 8.27. The Labute approximate surface area is 281 Å². The summed E-state index contributed by atoms with van der Waals surface area (Å²) in [6, 6.07) is 2.38. The van der Waals surface area contributed by atoms with Crippen LogP contribution in [0, 0.1) is 23.6 Å². The van der Waals surface area contributed by atoms with Gasteiger partial charge in [0.2, 0.25) is 11.6 Å². The normalized spacial score (nSPS) is 24.0. The number of nitrogens with two attached hydrogens (primary N) is 1. The zero-order chi connectivity index (χ0) is 34.3. The van der Waals surface area contributed by atoms with Crippen LogP contribution in [0.5, 0.6) is 11.9 Å². The van der Waals surface area contributed by atoms with Gasteiger partial charge in [-0.3, -0.25) is 4.90 Å². The van der Waals surface area contributed by atoms with Crippen molar-refractivity contribution >= 4 is 43.0 Å². The van der Waals surface area contributed by atoms with Crippen LogP contribution in [-0.2, 0) is 6.18 Å². The van der Waals surface area contributed by atoms with Gasteiger partial charge >= 0.3 is 12.2 Å². The molecule has 2 aromatic heterocycles. The number of nitrogens with zero attached hydrogens (tertiary/aromatic N) is 4. The number of fused-ring (bicyclic) bond motifs is 3. The molecule has 0 radical (unpaired) electrons. The van der Waals surface area contributed by atoms with Gasteiger partial charge in [-0.15, -0.1) is 11.3 Å². The van der Waals surface area contributed by atoms with Crippen molar-refractivity contribution < 1.29 is 35.8 Å². The third-order valence-electron chi connectivity index (χ3n) is 10.9. The average Bonchev–Trinajstić information content (AvgIpc) is 3.69. The van der Waals surface area contributed by atoms with Crippen molar-refractivity contribution in [3.63, 3.8) is 0 Å². The lowest BCUT2D eigenvalue weighted by atomic mass is 9.69. The zero-order valence-corrected chi connectivity index (χ0v) is 27.0. The van der Waals surface area contributed by atoms with Crippen LogP contribution < -0.4 is 20.5 Å². The minimum absolute atomic E-state index is 0.00750. The summed E-state index contributed by atoms with van der Waals surface area (Å²) in [5, 5.41) is 2.68. The van der Waals surface area contributed by atoms with Crippen molar-refractivity contribution in [1.29, 1.82) is 0 Å². The highest BCUT2D eigenvalue weighted by Crippen LogP contribution is 2.51. The highest BCUT2D eigenvalue weighted by molar-refractivity contribution is 7.23. The predicted molar refractivity (Wildman–Crippen MR) is 173 cm³/mol. The van der Waals surface area contributed by atoms with Crippen LogP contribution in [0.4, 0.5) is 37.0 Å². The number of aromatic nitrogens is 2. The molecule has 4 aromatic rings. The lowest BCUT2D eigenvalue weighted by molar-refractivity contribution is -0.137. The third-order valence-corrected chi connectivity index (χ3v) is 11.9. The summed E-state index contributed by atoms with van der Waals surface area (Å²) < 4.78 is 103. The number of thiophene rings is 1. The Hall–Kier alpha value is -3.87. The Kier molecular flexibility index (Phi) is 7.66. The first-order chi connectivity index (χ1) is 23.4. The van der Waals surface area contributed by atoms with E-state index in [-0.39, 0.29) is 74.7 Å². The number of benzene rings is 2. The van der Waals surface area contributed by atoms with E-state index in [2.05, 4.69) is 20.1 Å². The number of ether oxygens (including phenoxy) is 2. The summed E-state index contributed by atoms with van der Waals surface area (Å²) in [5.74, 6) is -2.40. The molecule has 1 aliphatic carbocycles. The number of hydrogen-bond acceptors (Lipinski definition) is 8. The van der Waals surface area contributed by atoms with Gasteiger partial charge in [0, 0.05) is 37.0 Å². The molecule has 4 fully saturated rings. The van der Waals surface area contributed by atoms with Crippen LogP contribution in [0.1, 0.15) is 50.5 Å². The van der Waals surface area contributed by atoms with Crippen molar-refractivity contribution in [2.24, 2.45) is 5.41 Å². The molecule has 0 bridgehead atoms. The van der Waals surface area contributed by atoms with Gasteiger partial charge in [0.05, 0.1) is 32.8 Å². The number of alkyl halides is 4.